The Labute approximate surface area is 134 Å². The number of nitrogens with one attached hydrogen (secondary N) is 1. The van der Waals surface area contributed by atoms with Crippen LogP contribution in [-0.2, 0) is 19.5 Å². The first kappa shape index (κ1) is 14.1. The van der Waals surface area contributed by atoms with Crippen LogP contribution in [0.15, 0.2) is 36.9 Å². The molecule has 0 bridgehead atoms. The molecule has 0 amide bonds. The van der Waals surface area contributed by atoms with Gasteiger partial charge in [0.25, 0.3) is 0 Å². The second kappa shape index (κ2) is 5.92. The maximum Gasteiger partial charge on any atom is 0.147 e. The van der Waals surface area contributed by atoms with Crippen LogP contribution in [0.4, 0.5) is 0 Å². The van der Waals surface area contributed by atoms with E-state index in [1.807, 2.05) is 11.6 Å². The van der Waals surface area contributed by atoms with Crippen LogP contribution in [0.25, 0.3) is 5.69 Å². The highest BCUT2D eigenvalue weighted by molar-refractivity contribution is 5.33. The molecule has 4 rings (SSSR count). The highest BCUT2D eigenvalue weighted by atomic mass is 15.4. The summed E-state index contributed by atoms with van der Waals surface area (Å²) in [6.07, 6.45) is 5.34. The van der Waals surface area contributed by atoms with Crippen molar-refractivity contribution in [3.8, 4) is 5.69 Å². The Kier molecular flexibility index (Phi) is 3.63. The standard InChI is InChI=1S/C16H19N7/c1-12-20-16-7-4-14(9-22(16)21-12)18-8-13-2-5-15(6-3-13)23-11-17-10-19-23/h2-3,5-6,10-11,14,18H,4,7-9H2,1H3/t14-/m1/s1. The Bertz CT molecular complexity index is 773. The maximum atomic E-state index is 4.45. The molecule has 1 atom stereocenters. The summed E-state index contributed by atoms with van der Waals surface area (Å²) in [6, 6.07) is 8.81. The molecule has 0 aliphatic carbocycles. The first-order valence-electron chi connectivity index (χ1n) is 7.85. The van der Waals surface area contributed by atoms with Crippen LogP contribution >= 0.6 is 0 Å². The molecule has 1 aliphatic heterocycles. The summed E-state index contributed by atoms with van der Waals surface area (Å²) in [5, 5.41) is 12.2. The number of aryl methyl sites for hydroxylation is 2. The summed E-state index contributed by atoms with van der Waals surface area (Å²) in [4.78, 5) is 8.41. The SMILES string of the molecule is Cc1nc2n(n1)C[C@H](NCc1ccc(-n3cncn3)cc1)CC2. The molecule has 2 aromatic heterocycles. The highest BCUT2D eigenvalue weighted by Gasteiger charge is 2.20. The average molecular weight is 309 g/mol. The van der Waals surface area contributed by atoms with E-state index in [4.69, 9.17) is 0 Å². The van der Waals surface area contributed by atoms with Gasteiger partial charge in [0.2, 0.25) is 0 Å². The van der Waals surface area contributed by atoms with Crippen molar-refractivity contribution in [1.82, 2.24) is 34.8 Å². The summed E-state index contributed by atoms with van der Waals surface area (Å²) < 4.78 is 3.79. The van der Waals surface area contributed by atoms with Gasteiger partial charge in [-0.05, 0) is 31.0 Å². The first-order chi connectivity index (χ1) is 11.3. The number of nitrogens with zero attached hydrogens (tertiary/aromatic N) is 6. The van der Waals surface area contributed by atoms with Crippen molar-refractivity contribution >= 4 is 0 Å². The van der Waals surface area contributed by atoms with E-state index in [0.717, 1.165) is 43.3 Å². The third kappa shape index (κ3) is 3.00. The summed E-state index contributed by atoms with van der Waals surface area (Å²) in [6.45, 7) is 3.70. The number of hydrogen-bond acceptors (Lipinski definition) is 5. The lowest BCUT2D eigenvalue weighted by atomic mass is 10.1. The molecule has 3 aromatic rings. The molecule has 23 heavy (non-hydrogen) atoms. The van der Waals surface area contributed by atoms with E-state index in [2.05, 4.69) is 49.7 Å². The van der Waals surface area contributed by atoms with Crippen LogP contribution < -0.4 is 5.32 Å². The molecule has 0 saturated heterocycles. The van der Waals surface area contributed by atoms with E-state index in [-0.39, 0.29) is 0 Å². The van der Waals surface area contributed by atoms with Crippen molar-refractivity contribution in [2.24, 2.45) is 0 Å². The monoisotopic (exact) mass is 309 g/mol. The summed E-state index contributed by atoms with van der Waals surface area (Å²) >= 11 is 0. The van der Waals surface area contributed by atoms with Gasteiger partial charge in [-0.2, -0.15) is 10.2 Å². The van der Waals surface area contributed by atoms with E-state index in [0.29, 0.717) is 6.04 Å². The lowest BCUT2D eigenvalue weighted by Gasteiger charge is -2.23. The minimum absolute atomic E-state index is 0.443. The van der Waals surface area contributed by atoms with Crippen molar-refractivity contribution in [1.29, 1.82) is 0 Å². The van der Waals surface area contributed by atoms with Gasteiger partial charge < -0.3 is 5.32 Å². The van der Waals surface area contributed by atoms with Gasteiger partial charge in [-0.3, -0.25) is 0 Å². The van der Waals surface area contributed by atoms with Gasteiger partial charge >= 0.3 is 0 Å². The van der Waals surface area contributed by atoms with Crippen LogP contribution in [0.5, 0.6) is 0 Å². The zero-order chi connectivity index (χ0) is 15.6. The largest absolute Gasteiger partial charge is 0.308 e. The molecule has 0 radical (unpaired) electrons. The number of rotatable bonds is 4. The Hall–Kier alpha value is -2.54. The number of hydrogen-bond donors (Lipinski definition) is 1. The van der Waals surface area contributed by atoms with Crippen LogP contribution in [0.3, 0.4) is 0 Å². The fourth-order valence-corrected chi connectivity index (χ4v) is 2.97. The Morgan fingerprint density at radius 1 is 1.26 bits per heavy atom. The third-order valence-electron chi connectivity index (χ3n) is 4.18. The summed E-state index contributed by atoms with van der Waals surface area (Å²) in [5.41, 5.74) is 2.28. The normalized spacial score (nSPS) is 17.2. The second-order valence-corrected chi connectivity index (χ2v) is 5.88. The third-order valence-corrected chi connectivity index (χ3v) is 4.18. The number of fused-ring (bicyclic) bond motifs is 1. The Morgan fingerprint density at radius 3 is 2.91 bits per heavy atom. The molecule has 0 spiro atoms. The van der Waals surface area contributed by atoms with Crippen molar-refractivity contribution in [2.45, 2.75) is 38.9 Å². The molecule has 1 N–H and O–H groups in total. The molecule has 118 valence electrons. The zero-order valence-corrected chi connectivity index (χ0v) is 13.1. The summed E-state index contributed by atoms with van der Waals surface area (Å²) in [5.74, 6) is 1.97. The smallest absolute Gasteiger partial charge is 0.147 e. The topological polar surface area (TPSA) is 73.5 Å². The van der Waals surface area contributed by atoms with Gasteiger partial charge in [0.15, 0.2) is 0 Å². The van der Waals surface area contributed by atoms with Crippen molar-refractivity contribution < 1.29 is 0 Å². The van der Waals surface area contributed by atoms with Crippen LogP contribution in [0.2, 0.25) is 0 Å². The van der Waals surface area contributed by atoms with Gasteiger partial charge in [-0.25, -0.2) is 19.3 Å². The van der Waals surface area contributed by atoms with E-state index in [1.54, 1.807) is 17.3 Å². The molecular weight excluding hydrogens is 290 g/mol. The van der Waals surface area contributed by atoms with Gasteiger partial charge in [0, 0.05) is 19.0 Å². The van der Waals surface area contributed by atoms with Crippen LogP contribution in [0, 0.1) is 6.92 Å². The van der Waals surface area contributed by atoms with Crippen LogP contribution in [0.1, 0.15) is 23.6 Å². The lowest BCUT2D eigenvalue weighted by molar-refractivity contribution is 0.357. The van der Waals surface area contributed by atoms with E-state index >= 15 is 0 Å². The predicted octanol–water partition coefficient (Wildman–Crippen LogP) is 1.27. The van der Waals surface area contributed by atoms with Gasteiger partial charge in [0.1, 0.15) is 24.3 Å². The molecule has 7 nitrogen and oxygen atoms in total. The molecular formula is C16H19N7. The molecule has 0 fully saturated rings. The lowest BCUT2D eigenvalue weighted by Crippen LogP contribution is -2.37. The van der Waals surface area contributed by atoms with E-state index < -0.39 is 0 Å². The fraction of sp³-hybridized carbons (Fsp3) is 0.375. The van der Waals surface area contributed by atoms with Crippen molar-refractivity contribution in [3.63, 3.8) is 0 Å². The molecule has 0 unspecified atom stereocenters. The minimum Gasteiger partial charge on any atom is -0.308 e. The quantitative estimate of drug-likeness (QED) is 0.786. The molecule has 1 aromatic carbocycles. The highest BCUT2D eigenvalue weighted by Crippen LogP contribution is 2.14. The Morgan fingerprint density at radius 2 is 2.13 bits per heavy atom. The fourth-order valence-electron chi connectivity index (χ4n) is 2.97. The molecule has 3 heterocycles. The molecule has 0 saturated carbocycles. The number of aromatic nitrogens is 6. The van der Waals surface area contributed by atoms with E-state index in [1.165, 1.54) is 5.56 Å². The minimum atomic E-state index is 0.443. The van der Waals surface area contributed by atoms with Gasteiger partial charge in [-0.1, -0.05) is 12.1 Å². The summed E-state index contributed by atoms with van der Waals surface area (Å²) in [7, 11) is 0. The Balaban J connectivity index is 1.36. The second-order valence-electron chi connectivity index (χ2n) is 5.88. The van der Waals surface area contributed by atoms with Crippen molar-refractivity contribution in [2.75, 3.05) is 0 Å². The number of benzene rings is 1. The van der Waals surface area contributed by atoms with Crippen molar-refractivity contribution in [3.05, 3.63) is 54.1 Å². The van der Waals surface area contributed by atoms with Gasteiger partial charge in [-0.15, -0.1) is 0 Å². The average Bonchev–Trinajstić information content (AvgIpc) is 3.21. The first-order valence-corrected chi connectivity index (χ1v) is 7.85. The van der Waals surface area contributed by atoms with Crippen LogP contribution in [-0.4, -0.2) is 35.6 Å². The van der Waals surface area contributed by atoms with E-state index in [9.17, 15) is 0 Å². The van der Waals surface area contributed by atoms with Gasteiger partial charge in [0.05, 0.1) is 12.2 Å². The predicted molar refractivity (Wildman–Crippen MR) is 85.1 cm³/mol. The zero-order valence-electron chi connectivity index (χ0n) is 13.1. The maximum absolute atomic E-state index is 4.45. The molecule has 7 heteroatoms. The molecule has 1 aliphatic rings.